The highest BCUT2D eigenvalue weighted by atomic mass is 32.2. The minimum atomic E-state index is -1.01. The van der Waals surface area contributed by atoms with E-state index in [0.717, 1.165) is 12.8 Å². The zero-order valence-electron chi connectivity index (χ0n) is 12.6. The Balaban J connectivity index is 2.78. The highest BCUT2D eigenvalue weighted by molar-refractivity contribution is 8.00. The van der Waals surface area contributed by atoms with E-state index in [9.17, 15) is 19.5 Å². The third-order valence-electron chi connectivity index (χ3n) is 3.13. The lowest BCUT2D eigenvalue weighted by Gasteiger charge is -2.31. The molecule has 0 bridgehead atoms. The Hall–Kier alpha value is -1.44. The van der Waals surface area contributed by atoms with Gasteiger partial charge < -0.3 is 14.7 Å². The molecule has 0 aliphatic carbocycles. The Morgan fingerprint density at radius 2 is 2.05 bits per heavy atom. The van der Waals surface area contributed by atoms with Crippen molar-refractivity contribution in [3.8, 4) is 0 Å². The molecule has 1 N–H and O–H groups in total. The number of ether oxygens (including phenoxy) is 1. The standard InChI is InChI=1S/C13H22N2O5S/c1-4-6-10-15(9(8-21-10)12(17)18)13(19)14(3)7-11(16)20-5-2/h9-10H,4-8H2,1-3H3,(H,17,18). The average molecular weight is 318 g/mol. The van der Waals surface area contributed by atoms with Crippen LogP contribution in [0.1, 0.15) is 26.7 Å². The van der Waals surface area contributed by atoms with Crippen LogP contribution in [0.25, 0.3) is 0 Å². The van der Waals surface area contributed by atoms with Gasteiger partial charge in [-0.25, -0.2) is 9.59 Å². The Kier molecular flexibility index (Phi) is 6.80. The van der Waals surface area contributed by atoms with Crippen LogP contribution in [0.3, 0.4) is 0 Å². The van der Waals surface area contributed by atoms with Gasteiger partial charge in [0.25, 0.3) is 0 Å². The molecule has 2 atom stereocenters. The van der Waals surface area contributed by atoms with Gasteiger partial charge in [0.15, 0.2) is 0 Å². The van der Waals surface area contributed by atoms with Crippen LogP contribution < -0.4 is 0 Å². The molecule has 8 heteroatoms. The van der Waals surface area contributed by atoms with E-state index in [2.05, 4.69) is 0 Å². The topological polar surface area (TPSA) is 87.2 Å². The van der Waals surface area contributed by atoms with Crippen molar-refractivity contribution in [2.24, 2.45) is 0 Å². The third kappa shape index (κ3) is 4.52. The summed E-state index contributed by atoms with van der Waals surface area (Å²) in [6.07, 6.45) is 1.59. The number of aliphatic carboxylic acids is 1. The number of hydrogen-bond acceptors (Lipinski definition) is 5. The van der Waals surface area contributed by atoms with Gasteiger partial charge in [-0.3, -0.25) is 9.69 Å². The molecule has 120 valence electrons. The van der Waals surface area contributed by atoms with Gasteiger partial charge in [0, 0.05) is 12.8 Å². The summed E-state index contributed by atoms with van der Waals surface area (Å²) >= 11 is 1.47. The molecule has 2 unspecified atom stereocenters. The fraction of sp³-hybridized carbons (Fsp3) is 0.769. The van der Waals surface area contributed by atoms with Gasteiger partial charge in [-0.2, -0.15) is 0 Å². The van der Waals surface area contributed by atoms with Gasteiger partial charge in [0.2, 0.25) is 0 Å². The summed E-state index contributed by atoms with van der Waals surface area (Å²) in [6, 6.07) is -1.29. The molecule has 1 saturated heterocycles. The Morgan fingerprint density at radius 3 is 2.57 bits per heavy atom. The van der Waals surface area contributed by atoms with Crippen LogP contribution in [0.5, 0.6) is 0 Å². The maximum absolute atomic E-state index is 12.5. The highest BCUT2D eigenvalue weighted by Crippen LogP contribution is 2.33. The molecule has 1 rings (SSSR count). The highest BCUT2D eigenvalue weighted by Gasteiger charge is 2.42. The largest absolute Gasteiger partial charge is 0.480 e. The van der Waals surface area contributed by atoms with E-state index in [4.69, 9.17) is 4.74 Å². The molecule has 2 amide bonds. The molecule has 21 heavy (non-hydrogen) atoms. The summed E-state index contributed by atoms with van der Waals surface area (Å²) in [6.45, 7) is 3.74. The molecule has 0 radical (unpaired) electrons. The zero-order chi connectivity index (χ0) is 16.0. The lowest BCUT2D eigenvalue weighted by Crippen LogP contribution is -2.51. The number of likely N-dealkylation sites (N-methyl/N-ethyl adjacent to an activating group) is 1. The number of urea groups is 1. The third-order valence-corrected chi connectivity index (χ3v) is 4.49. The van der Waals surface area contributed by atoms with E-state index in [1.807, 2.05) is 6.92 Å². The van der Waals surface area contributed by atoms with E-state index in [-0.39, 0.29) is 18.5 Å². The number of hydrogen-bond donors (Lipinski definition) is 1. The monoisotopic (exact) mass is 318 g/mol. The number of amides is 2. The van der Waals surface area contributed by atoms with Crippen LogP contribution in [-0.4, -0.2) is 70.2 Å². The fourth-order valence-corrected chi connectivity index (χ4v) is 3.65. The van der Waals surface area contributed by atoms with E-state index in [0.29, 0.717) is 5.75 Å². The SMILES string of the molecule is CCCC1SCC(C(=O)O)N1C(=O)N(C)CC(=O)OCC. The molecule has 0 aromatic carbocycles. The van der Waals surface area contributed by atoms with Crippen molar-refractivity contribution in [1.29, 1.82) is 0 Å². The van der Waals surface area contributed by atoms with Crippen molar-refractivity contribution in [2.45, 2.75) is 38.1 Å². The number of carboxylic acid groups (broad SMARTS) is 1. The normalized spacial score (nSPS) is 21.2. The van der Waals surface area contributed by atoms with Crippen molar-refractivity contribution in [3.63, 3.8) is 0 Å². The minimum Gasteiger partial charge on any atom is -0.480 e. The van der Waals surface area contributed by atoms with Gasteiger partial charge in [0.1, 0.15) is 12.6 Å². The van der Waals surface area contributed by atoms with E-state index in [1.54, 1.807) is 6.92 Å². The second-order valence-corrected chi connectivity index (χ2v) is 5.99. The average Bonchev–Trinajstić information content (AvgIpc) is 2.82. The summed E-state index contributed by atoms with van der Waals surface area (Å²) in [4.78, 5) is 37.8. The van der Waals surface area contributed by atoms with Crippen LogP contribution >= 0.6 is 11.8 Å². The van der Waals surface area contributed by atoms with Gasteiger partial charge in [-0.05, 0) is 13.3 Å². The first-order valence-corrected chi connectivity index (χ1v) is 8.00. The number of carbonyl (C=O) groups excluding carboxylic acids is 2. The predicted octanol–water partition coefficient (Wildman–Crippen LogP) is 1.23. The van der Waals surface area contributed by atoms with Crippen LogP contribution in [0.2, 0.25) is 0 Å². The van der Waals surface area contributed by atoms with Gasteiger partial charge in [0.05, 0.1) is 12.0 Å². The van der Waals surface area contributed by atoms with E-state index in [1.165, 1.54) is 28.6 Å². The summed E-state index contributed by atoms with van der Waals surface area (Å²) in [5.41, 5.74) is 0. The van der Waals surface area contributed by atoms with Gasteiger partial charge >= 0.3 is 18.0 Å². The number of thioether (sulfide) groups is 1. The summed E-state index contributed by atoms with van der Waals surface area (Å²) in [7, 11) is 1.48. The molecule has 0 spiro atoms. The molecular weight excluding hydrogens is 296 g/mol. The molecule has 0 aromatic rings. The molecule has 1 aliphatic rings. The molecule has 7 nitrogen and oxygen atoms in total. The molecule has 1 heterocycles. The number of rotatable bonds is 6. The van der Waals surface area contributed by atoms with Gasteiger partial charge in [-0.1, -0.05) is 13.3 Å². The lowest BCUT2D eigenvalue weighted by atomic mass is 10.2. The first-order valence-electron chi connectivity index (χ1n) is 6.95. The number of esters is 1. The van der Waals surface area contributed by atoms with Crippen LogP contribution in [0.15, 0.2) is 0 Å². The van der Waals surface area contributed by atoms with E-state index < -0.39 is 24.0 Å². The summed E-state index contributed by atoms with van der Waals surface area (Å²) in [5.74, 6) is -1.14. The van der Waals surface area contributed by atoms with Gasteiger partial charge in [-0.15, -0.1) is 11.8 Å². The van der Waals surface area contributed by atoms with Crippen molar-refractivity contribution in [1.82, 2.24) is 9.80 Å². The minimum absolute atomic E-state index is 0.159. The Labute approximate surface area is 128 Å². The zero-order valence-corrected chi connectivity index (χ0v) is 13.4. The first kappa shape index (κ1) is 17.6. The van der Waals surface area contributed by atoms with E-state index >= 15 is 0 Å². The second-order valence-electron chi connectivity index (χ2n) is 4.78. The van der Waals surface area contributed by atoms with Crippen LogP contribution in [0.4, 0.5) is 4.79 Å². The number of carbonyl (C=O) groups is 3. The van der Waals surface area contributed by atoms with Crippen LogP contribution in [0, 0.1) is 0 Å². The first-order chi connectivity index (χ1) is 9.92. The Morgan fingerprint density at radius 1 is 1.38 bits per heavy atom. The van der Waals surface area contributed by atoms with Crippen LogP contribution in [-0.2, 0) is 14.3 Å². The maximum Gasteiger partial charge on any atom is 0.327 e. The molecular formula is C13H22N2O5S. The number of carboxylic acids is 1. The van der Waals surface area contributed by atoms with Crippen molar-refractivity contribution in [3.05, 3.63) is 0 Å². The number of nitrogens with zero attached hydrogens (tertiary/aromatic N) is 2. The van der Waals surface area contributed by atoms with Crippen molar-refractivity contribution >= 4 is 29.7 Å². The second kappa shape index (κ2) is 8.11. The molecule has 0 saturated carbocycles. The molecule has 1 aliphatic heterocycles. The molecule has 0 aromatic heterocycles. The lowest BCUT2D eigenvalue weighted by molar-refractivity contribution is -0.143. The smallest absolute Gasteiger partial charge is 0.327 e. The quantitative estimate of drug-likeness (QED) is 0.741. The van der Waals surface area contributed by atoms with Crippen molar-refractivity contribution in [2.75, 3.05) is 26.0 Å². The predicted molar refractivity (Wildman–Crippen MR) is 79.1 cm³/mol. The molecule has 1 fully saturated rings. The maximum atomic E-state index is 12.5. The Bertz CT molecular complexity index is 404. The fourth-order valence-electron chi connectivity index (χ4n) is 2.14. The van der Waals surface area contributed by atoms with Crippen molar-refractivity contribution < 1.29 is 24.2 Å². The summed E-state index contributed by atoms with van der Waals surface area (Å²) < 4.78 is 4.80. The summed E-state index contributed by atoms with van der Waals surface area (Å²) in [5, 5.41) is 9.09.